The number of carbonyl (C=O) groups is 1. The van der Waals surface area contributed by atoms with Gasteiger partial charge in [-0.1, -0.05) is 32.9 Å². The Hall–Kier alpha value is -1.00. The van der Waals surface area contributed by atoms with Crippen molar-refractivity contribution in [2.24, 2.45) is 5.41 Å². The molecule has 112 valence electrons. The van der Waals surface area contributed by atoms with Gasteiger partial charge in [0, 0.05) is 24.0 Å². The fourth-order valence-corrected chi connectivity index (χ4v) is 2.57. The van der Waals surface area contributed by atoms with Crippen LogP contribution in [0.3, 0.4) is 0 Å². The Bertz CT molecular complexity index is 440. The molecule has 0 radical (unpaired) electrons. The molecule has 0 aliphatic rings. The maximum absolute atomic E-state index is 12.3. The van der Waals surface area contributed by atoms with E-state index in [9.17, 15) is 4.79 Å². The maximum Gasteiger partial charge on any atom is 0.251 e. The van der Waals surface area contributed by atoms with Gasteiger partial charge in [-0.15, -0.1) is 0 Å². The molecule has 4 heteroatoms. The molecule has 0 saturated carbocycles. The van der Waals surface area contributed by atoms with E-state index in [1.807, 2.05) is 30.5 Å². The lowest BCUT2D eigenvalue weighted by Gasteiger charge is -2.31. The summed E-state index contributed by atoms with van der Waals surface area (Å²) in [6.07, 6.45) is 2.61. The lowest BCUT2D eigenvalue weighted by atomic mass is 9.84. The van der Waals surface area contributed by atoms with E-state index in [0.29, 0.717) is 12.0 Å². The van der Waals surface area contributed by atoms with Crippen LogP contribution in [0.5, 0.6) is 0 Å². The molecule has 1 rings (SSSR count). The number of aliphatic hydroxyl groups is 1. The third-order valence-electron chi connectivity index (χ3n) is 3.27. The summed E-state index contributed by atoms with van der Waals surface area (Å²) in [4.78, 5) is 12.3. The van der Waals surface area contributed by atoms with E-state index in [4.69, 9.17) is 5.11 Å². The van der Waals surface area contributed by atoms with Crippen LogP contribution in [0, 0.1) is 5.41 Å². The minimum absolute atomic E-state index is 0.0378. The zero-order valence-electron chi connectivity index (χ0n) is 12.8. The molecule has 2 N–H and O–H groups in total. The minimum atomic E-state index is -0.0741. The Balaban J connectivity index is 2.81. The van der Waals surface area contributed by atoms with Crippen LogP contribution in [0.1, 0.15) is 43.1 Å². The predicted octanol–water partition coefficient (Wildman–Crippen LogP) is 3.08. The molecule has 1 amide bonds. The standard InChI is InChI=1S/C16H25NO2S/c1-16(2,3)14(8-9-18)17-15(19)13-7-5-6-12(10-13)11-20-4/h5-7,10,14,18H,8-9,11H2,1-4H3,(H,17,19). The lowest BCUT2D eigenvalue weighted by Crippen LogP contribution is -2.44. The molecule has 0 aliphatic carbocycles. The smallest absolute Gasteiger partial charge is 0.251 e. The van der Waals surface area contributed by atoms with Gasteiger partial charge in [0.05, 0.1) is 0 Å². The van der Waals surface area contributed by atoms with Gasteiger partial charge in [0.1, 0.15) is 0 Å². The number of carbonyl (C=O) groups excluding carboxylic acids is 1. The Morgan fingerprint density at radius 2 is 2.10 bits per heavy atom. The number of benzene rings is 1. The lowest BCUT2D eigenvalue weighted by molar-refractivity contribution is 0.0885. The molecule has 0 saturated heterocycles. The average molecular weight is 295 g/mol. The molecule has 1 aromatic carbocycles. The SMILES string of the molecule is CSCc1cccc(C(=O)NC(CCO)C(C)(C)C)c1. The normalized spacial score (nSPS) is 13.1. The Morgan fingerprint density at radius 1 is 1.40 bits per heavy atom. The molecule has 20 heavy (non-hydrogen) atoms. The fourth-order valence-electron chi connectivity index (χ4n) is 2.06. The maximum atomic E-state index is 12.3. The molecule has 0 fully saturated rings. The van der Waals surface area contributed by atoms with Crippen LogP contribution in [0.4, 0.5) is 0 Å². The van der Waals surface area contributed by atoms with E-state index in [0.717, 1.165) is 11.3 Å². The number of hydrogen-bond acceptors (Lipinski definition) is 3. The van der Waals surface area contributed by atoms with Crippen molar-refractivity contribution in [3.8, 4) is 0 Å². The quantitative estimate of drug-likeness (QED) is 0.848. The molecule has 0 spiro atoms. The first kappa shape index (κ1) is 17.1. The van der Waals surface area contributed by atoms with Crippen LogP contribution in [-0.2, 0) is 5.75 Å². The summed E-state index contributed by atoms with van der Waals surface area (Å²) in [5, 5.41) is 12.2. The van der Waals surface area contributed by atoms with E-state index < -0.39 is 0 Å². The Labute approximate surface area is 126 Å². The largest absolute Gasteiger partial charge is 0.396 e. The van der Waals surface area contributed by atoms with Crippen molar-refractivity contribution in [1.29, 1.82) is 0 Å². The summed E-state index contributed by atoms with van der Waals surface area (Å²) in [7, 11) is 0. The van der Waals surface area contributed by atoms with Crippen molar-refractivity contribution in [3.63, 3.8) is 0 Å². The van der Waals surface area contributed by atoms with Gasteiger partial charge in [-0.3, -0.25) is 4.79 Å². The molecule has 0 bridgehead atoms. The highest BCUT2D eigenvalue weighted by Crippen LogP contribution is 2.22. The average Bonchev–Trinajstić information content (AvgIpc) is 2.38. The number of rotatable bonds is 6. The second-order valence-electron chi connectivity index (χ2n) is 6.04. The summed E-state index contributed by atoms with van der Waals surface area (Å²) < 4.78 is 0. The topological polar surface area (TPSA) is 49.3 Å². The van der Waals surface area contributed by atoms with Crippen molar-refractivity contribution < 1.29 is 9.90 Å². The number of aliphatic hydroxyl groups excluding tert-OH is 1. The highest BCUT2D eigenvalue weighted by atomic mass is 32.2. The molecule has 0 heterocycles. The molecule has 1 atom stereocenters. The van der Waals surface area contributed by atoms with E-state index >= 15 is 0 Å². The van der Waals surface area contributed by atoms with E-state index in [1.165, 1.54) is 0 Å². The fraction of sp³-hybridized carbons (Fsp3) is 0.562. The Morgan fingerprint density at radius 3 is 2.65 bits per heavy atom. The summed E-state index contributed by atoms with van der Waals surface area (Å²) in [5.74, 6) is 0.835. The number of nitrogens with one attached hydrogen (secondary N) is 1. The summed E-state index contributed by atoms with van der Waals surface area (Å²) in [5.41, 5.74) is 1.76. The van der Waals surface area contributed by atoms with Crippen molar-refractivity contribution in [1.82, 2.24) is 5.32 Å². The van der Waals surface area contributed by atoms with Crippen LogP contribution in [0.15, 0.2) is 24.3 Å². The number of amides is 1. The third-order valence-corrected chi connectivity index (χ3v) is 3.89. The summed E-state index contributed by atoms with van der Waals surface area (Å²) >= 11 is 1.74. The van der Waals surface area contributed by atoms with Gasteiger partial charge in [-0.2, -0.15) is 11.8 Å². The predicted molar refractivity (Wildman–Crippen MR) is 86.1 cm³/mol. The molecule has 3 nitrogen and oxygen atoms in total. The highest BCUT2D eigenvalue weighted by Gasteiger charge is 2.26. The first-order valence-electron chi connectivity index (χ1n) is 6.88. The van der Waals surface area contributed by atoms with Crippen LogP contribution in [-0.4, -0.2) is 29.9 Å². The second-order valence-corrected chi connectivity index (χ2v) is 6.90. The van der Waals surface area contributed by atoms with E-state index in [2.05, 4.69) is 26.1 Å². The van der Waals surface area contributed by atoms with Crippen molar-refractivity contribution in [3.05, 3.63) is 35.4 Å². The monoisotopic (exact) mass is 295 g/mol. The van der Waals surface area contributed by atoms with E-state index in [1.54, 1.807) is 11.8 Å². The van der Waals surface area contributed by atoms with Gasteiger partial charge in [0.15, 0.2) is 0 Å². The molecular formula is C16H25NO2S. The first-order valence-corrected chi connectivity index (χ1v) is 8.27. The minimum Gasteiger partial charge on any atom is -0.396 e. The third kappa shape index (κ3) is 5.17. The Kier molecular flexibility index (Phi) is 6.56. The van der Waals surface area contributed by atoms with Gasteiger partial charge in [0.2, 0.25) is 0 Å². The molecular weight excluding hydrogens is 270 g/mol. The van der Waals surface area contributed by atoms with Gasteiger partial charge >= 0.3 is 0 Å². The van der Waals surface area contributed by atoms with Crippen molar-refractivity contribution >= 4 is 17.7 Å². The van der Waals surface area contributed by atoms with Crippen LogP contribution < -0.4 is 5.32 Å². The number of thioether (sulfide) groups is 1. The first-order chi connectivity index (χ1) is 9.38. The molecule has 1 unspecified atom stereocenters. The van der Waals surface area contributed by atoms with Crippen LogP contribution in [0.25, 0.3) is 0 Å². The number of hydrogen-bond donors (Lipinski definition) is 2. The van der Waals surface area contributed by atoms with Crippen LogP contribution in [0.2, 0.25) is 0 Å². The molecule has 0 aromatic heterocycles. The highest BCUT2D eigenvalue weighted by molar-refractivity contribution is 7.97. The summed E-state index contributed by atoms with van der Waals surface area (Å²) in [6.45, 7) is 6.28. The van der Waals surface area contributed by atoms with Crippen molar-refractivity contribution in [2.45, 2.75) is 39.0 Å². The van der Waals surface area contributed by atoms with Crippen molar-refractivity contribution in [2.75, 3.05) is 12.9 Å². The molecule has 0 aliphatic heterocycles. The summed E-state index contributed by atoms with van der Waals surface area (Å²) in [6, 6.07) is 7.67. The van der Waals surface area contributed by atoms with Gasteiger partial charge < -0.3 is 10.4 Å². The molecule has 1 aromatic rings. The zero-order valence-corrected chi connectivity index (χ0v) is 13.6. The van der Waals surface area contributed by atoms with Gasteiger partial charge in [0.25, 0.3) is 5.91 Å². The van der Waals surface area contributed by atoms with E-state index in [-0.39, 0.29) is 24.0 Å². The second kappa shape index (κ2) is 7.70. The van der Waals surface area contributed by atoms with Gasteiger partial charge in [-0.25, -0.2) is 0 Å². The van der Waals surface area contributed by atoms with Gasteiger partial charge in [-0.05, 0) is 35.8 Å². The van der Waals surface area contributed by atoms with Crippen LogP contribution >= 0.6 is 11.8 Å². The zero-order chi connectivity index (χ0) is 15.2.